The van der Waals surface area contributed by atoms with E-state index >= 15 is 0 Å². The number of nitrogens with zero attached hydrogens (tertiary/aromatic N) is 1. The molecule has 0 radical (unpaired) electrons. The second-order valence-electron chi connectivity index (χ2n) is 4.82. The lowest BCUT2D eigenvalue weighted by molar-refractivity contribution is 0.145. The molecule has 1 N–H and O–H groups in total. The van der Waals surface area contributed by atoms with Crippen molar-refractivity contribution in [3.05, 3.63) is 0 Å². The minimum atomic E-state index is 0.436. The van der Waals surface area contributed by atoms with Gasteiger partial charge < -0.3 is 5.32 Å². The molecule has 1 aliphatic heterocycles. The maximum Gasteiger partial charge on any atom is 0.0596 e. The Morgan fingerprint density at radius 3 is 2.71 bits per heavy atom. The van der Waals surface area contributed by atoms with Crippen molar-refractivity contribution in [2.45, 2.75) is 20.3 Å². The molecule has 1 saturated heterocycles. The van der Waals surface area contributed by atoms with Crippen molar-refractivity contribution >= 4 is 0 Å². The lowest BCUT2D eigenvalue weighted by Gasteiger charge is -2.36. The fourth-order valence-corrected chi connectivity index (χ4v) is 2.32. The molecule has 80 valence electrons. The van der Waals surface area contributed by atoms with Gasteiger partial charge in [0.05, 0.1) is 6.54 Å². The Morgan fingerprint density at radius 2 is 2.29 bits per heavy atom. The van der Waals surface area contributed by atoms with Crippen molar-refractivity contribution < 1.29 is 0 Å². The number of terminal acetylenes is 1. The molecule has 0 aromatic rings. The fourth-order valence-electron chi connectivity index (χ4n) is 2.32. The Morgan fingerprint density at radius 1 is 1.57 bits per heavy atom. The normalized spacial score (nSPS) is 27.1. The number of rotatable bonds is 4. The highest BCUT2D eigenvalue weighted by atomic mass is 15.1. The van der Waals surface area contributed by atoms with E-state index < -0.39 is 0 Å². The Hall–Kier alpha value is -0.520. The molecule has 0 saturated carbocycles. The average molecular weight is 194 g/mol. The van der Waals surface area contributed by atoms with Gasteiger partial charge in [-0.25, -0.2) is 0 Å². The van der Waals surface area contributed by atoms with Crippen molar-refractivity contribution in [1.82, 2.24) is 10.2 Å². The molecule has 14 heavy (non-hydrogen) atoms. The van der Waals surface area contributed by atoms with E-state index in [1.165, 1.54) is 6.42 Å². The van der Waals surface area contributed by atoms with Gasteiger partial charge in [-0.1, -0.05) is 19.8 Å². The first-order valence-electron chi connectivity index (χ1n) is 5.43. The van der Waals surface area contributed by atoms with Crippen LogP contribution in [0.3, 0.4) is 0 Å². The Balaban J connectivity index is 2.56. The van der Waals surface area contributed by atoms with E-state index in [9.17, 15) is 0 Å². The van der Waals surface area contributed by atoms with Crippen LogP contribution in [-0.2, 0) is 0 Å². The summed E-state index contributed by atoms with van der Waals surface area (Å²) in [5, 5.41) is 3.46. The number of hydrogen-bond donors (Lipinski definition) is 1. The predicted octanol–water partition coefficient (Wildman–Crippen LogP) is 1.19. The van der Waals surface area contributed by atoms with E-state index in [2.05, 4.69) is 37.0 Å². The van der Waals surface area contributed by atoms with Crippen LogP contribution in [0.5, 0.6) is 0 Å². The number of nitrogens with one attached hydrogen (secondary N) is 1. The van der Waals surface area contributed by atoms with E-state index in [1.807, 2.05) is 0 Å². The smallest absolute Gasteiger partial charge is 0.0596 e. The summed E-state index contributed by atoms with van der Waals surface area (Å²) in [6.45, 7) is 8.80. The molecule has 2 nitrogen and oxygen atoms in total. The molecule has 1 rings (SSSR count). The number of hydrogen-bond acceptors (Lipinski definition) is 2. The summed E-state index contributed by atoms with van der Waals surface area (Å²) in [4.78, 5) is 2.26. The standard InChI is InChI=1S/C12H22N2/c1-5-8-14(4)10-12(11(2)3)6-7-13-9-12/h1,11,13H,6-10H2,2-4H3. The summed E-state index contributed by atoms with van der Waals surface area (Å²) in [6, 6.07) is 0. The molecular weight excluding hydrogens is 172 g/mol. The van der Waals surface area contributed by atoms with Gasteiger partial charge in [-0.05, 0) is 31.3 Å². The lowest BCUT2D eigenvalue weighted by atomic mass is 9.76. The zero-order valence-corrected chi connectivity index (χ0v) is 9.64. The van der Waals surface area contributed by atoms with Crippen LogP contribution in [0.2, 0.25) is 0 Å². The highest BCUT2D eigenvalue weighted by Gasteiger charge is 2.37. The van der Waals surface area contributed by atoms with E-state index in [0.717, 1.165) is 32.1 Å². The van der Waals surface area contributed by atoms with Gasteiger partial charge >= 0.3 is 0 Å². The highest BCUT2D eigenvalue weighted by molar-refractivity contribution is 4.95. The van der Waals surface area contributed by atoms with Gasteiger partial charge in [0.1, 0.15) is 0 Å². The van der Waals surface area contributed by atoms with Crippen LogP contribution >= 0.6 is 0 Å². The molecule has 0 bridgehead atoms. The van der Waals surface area contributed by atoms with Crippen molar-refractivity contribution in [1.29, 1.82) is 0 Å². The van der Waals surface area contributed by atoms with E-state index in [0.29, 0.717) is 5.41 Å². The van der Waals surface area contributed by atoms with Gasteiger partial charge in [-0.3, -0.25) is 4.90 Å². The van der Waals surface area contributed by atoms with Crippen molar-refractivity contribution in [3.8, 4) is 12.3 Å². The minimum absolute atomic E-state index is 0.436. The summed E-state index contributed by atoms with van der Waals surface area (Å²) in [5.41, 5.74) is 0.436. The van der Waals surface area contributed by atoms with E-state index in [-0.39, 0.29) is 0 Å². The predicted molar refractivity (Wildman–Crippen MR) is 61.1 cm³/mol. The van der Waals surface area contributed by atoms with Crippen LogP contribution in [0.1, 0.15) is 20.3 Å². The molecular formula is C12H22N2. The van der Waals surface area contributed by atoms with Gasteiger partial charge in [0.15, 0.2) is 0 Å². The third kappa shape index (κ3) is 2.50. The highest BCUT2D eigenvalue weighted by Crippen LogP contribution is 2.34. The second kappa shape index (κ2) is 4.82. The Bertz CT molecular complexity index is 209. The molecule has 1 heterocycles. The van der Waals surface area contributed by atoms with Crippen LogP contribution in [0.25, 0.3) is 0 Å². The second-order valence-corrected chi connectivity index (χ2v) is 4.82. The largest absolute Gasteiger partial charge is 0.316 e. The van der Waals surface area contributed by atoms with Gasteiger partial charge in [0, 0.05) is 13.1 Å². The van der Waals surface area contributed by atoms with Crippen LogP contribution in [-0.4, -0.2) is 38.1 Å². The van der Waals surface area contributed by atoms with Crippen molar-refractivity contribution in [2.24, 2.45) is 11.3 Å². The summed E-state index contributed by atoms with van der Waals surface area (Å²) in [7, 11) is 2.11. The first-order chi connectivity index (χ1) is 6.60. The molecule has 1 aliphatic rings. The maximum absolute atomic E-state index is 5.32. The first kappa shape index (κ1) is 11.6. The maximum atomic E-state index is 5.32. The molecule has 0 spiro atoms. The van der Waals surface area contributed by atoms with Crippen LogP contribution in [0.4, 0.5) is 0 Å². The van der Waals surface area contributed by atoms with Crippen LogP contribution in [0, 0.1) is 23.7 Å². The van der Waals surface area contributed by atoms with Crippen molar-refractivity contribution in [3.63, 3.8) is 0 Å². The first-order valence-corrected chi connectivity index (χ1v) is 5.43. The SMILES string of the molecule is C#CCN(C)CC1(C(C)C)CCNC1. The molecule has 1 atom stereocenters. The summed E-state index contributed by atoms with van der Waals surface area (Å²) in [5.74, 6) is 3.42. The molecule has 0 aromatic heterocycles. The zero-order chi connectivity index (χ0) is 10.6. The topological polar surface area (TPSA) is 15.3 Å². The average Bonchev–Trinajstić information content (AvgIpc) is 2.54. The van der Waals surface area contributed by atoms with Gasteiger partial charge in [0.25, 0.3) is 0 Å². The Labute approximate surface area is 88.1 Å². The monoisotopic (exact) mass is 194 g/mol. The molecule has 1 unspecified atom stereocenters. The molecule has 0 amide bonds. The third-order valence-corrected chi connectivity index (χ3v) is 3.45. The van der Waals surface area contributed by atoms with Crippen molar-refractivity contribution in [2.75, 3.05) is 33.2 Å². The van der Waals surface area contributed by atoms with E-state index in [1.54, 1.807) is 0 Å². The van der Waals surface area contributed by atoms with Crippen LogP contribution in [0.15, 0.2) is 0 Å². The van der Waals surface area contributed by atoms with Gasteiger partial charge in [-0.2, -0.15) is 0 Å². The molecule has 0 aromatic carbocycles. The zero-order valence-electron chi connectivity index (χ0n) is 9.64. The Kier molecular flexibility index (Phi) is 3.97. The van der Waals surface area contributed by atoms with Gasteiger partial charge in [0.2, 0.25) is 0 Å². The quantitative estimate of drug-likeness (QED) is 0.676. The van der Waals surface area contributed by atoms with Crippen LogP contribution < -0.4 is 5.32 Å². The molecule has 0 aliphatic carbocycles. The van der Waals surface area contributed by atoms with E-state index in [4.69, 9.17) is 6.42 Å². The third-order valence-electron chi connectivity index (χ3n) is 3.45. The molecule has 2 heteroatoms. The fraction of sp³-hybridized carbons (Fsp3) is 0.833. The molecule has 1 fully saturated rings. The summed E-state index contributed by atoms with van der Waals surface area (Å²) in [6.07, 6.45) is 6.59. The lowest BCUT2D eigenvalue weighted by Crippen LogP contribution is -2.41. The minimum Gasteiger partial charge on any atom is -0.316 e. The summed E-state index contributed by atoms with van der Waals surface area (Å²) < 4.78 is 0. The van der Waals surface area contributed by atoms with Gasteiger partial charge in [-0.15, -0.1) is 6.42 Å². The summed E-state index contributed by atoms with van der Waals surface area (Å²) >= 11 is 0.